The van der Waals surface area contributed by atoms with E-state index in [0.29, 0.717) is 18.1 Å². The molecule has 3 atom stereocenters. The Labute approximate surface area is 118 Å². The molecule has 0 aromatic carbocycles. The molecule has 1 saturated carbocycles. The van der Waals surface area contributed by atoms with Gasteiger partial charge in [0.1, 0.15) is 0 Å². The summed E-state index contributed by atoms with van der Waals surface area (Å²) in [6, 6.07) is 1.72. The molecule has 2 N–H and O–H groups in total. The summed E-state index contributed by atoms with van der Waals surface area (Å²) in [5, 5.41) is 13.4. The van der Waals surface area contributed by atoms with Crippen LogP contribution in [0.25, 0.3) is 0 Å². The lowest BCUT2D eigenvalue weighted by Gasteiger charge is -2.42. The van der Waals surface area contributed by atoms with E-state index in [-0.39, 0.29) is 12.1 Å². The number of piperazine rings is 1. The fraction of sp³-hybridized carbons (Fsp3) is 1.00. The van der Waals surface area contributed by atoms with Gasteiger partial charge in [0.2, 0.25) is 0 Å². The molecule has 1 aliphatic carbocycles. The minimum absolute atomic E-state index is 0.0398. The third kappa shape index (κ3) is 3.48. The van der Waals surface area contributed by atoms with Crippen molar-refractivity contribution in [1.82, 2.24) is 15.1 Å². The zero-order valence-electron chi connectivity index (χ0n) is 13.0. The Bertz CT molecular complexity index is 297. The number of likely N-dealkylation sites (N-methyl/N-ethyl adjacent to an activating group) is 1. The van der Waals surface area contributed by atoms with Crippen molar-refractivity contribution in [1.29, 1.82) is 0 Å². The Morgan fingerprint density at radius 2 is 2.11 bits per heavy atom. The van der Waals surface area contributed by atoms with Gasteiger partial charge in [-0.15, -0.1) is 0 Å². The lowest BCUT2D eigenvalue weighted by Crippen LogP contribution is -2.55. The molecule has 0 aromatic heterocycles. The quantitative estimate of drug-likeness (QED) is 0.795. The summed E-state index contributed by atoms with van der Waals surface area (Å²) in [6.45, 7) is 10.5. The maximum atomic E-state index is 9.80. The van der Waals surface area contributed by atoms with E-state index in [1.54, 1.807) is 0 Å². The van der Waals surface area contributed by atoms with E-state index in [1.807, 2.05) is 0 Å². The summed E-state index contributed by atoms with van der Waals surface area (Å²) in [4.78, 5) is 5.08. The van der Waals surface area contributed by atoms with Gasteiger partial charge in [0, 0.05) is 43.3 Å². The molecule has 112 valence electrons. The molecule has 2 aliphatic rings. The molecule has 0 amide bonds. The lowest BCUT2D eigenvalue weighted by atomic mass is 9.96. The van der Waals surface area contributed by atoms with Gasteiger partial charge in [0.15, 0.2) is 0 Å². The topological polar surface area (TPSA) is 38.7 Å². The molecule has 4 heteroatoms. The van der Waals surface area contributed by atoms with Crippen LogP contribution in [0, 0.1) is 0 Å². The molecule has 2 fully saturated rings. The standard InChI is InChI=1S/C15H31N3O/c1-12(2)16-15(11-19)6-5-14(9-15)18-8-7-17(4)10-13(18)3/h12-14,16,19H,5-11H2,1-4H3. The maximum Gasteiger partial charge on any atom is 0.0614 e. The molecule has 4 nitrogen and oxygen atoms in total. The Morgan fingerprint density at radius 3 is 2.68 bits per heavy atom. The molecule has 0 spiro atoms. The molecular weight excluding hydrogens is 238 g/mol. The summed E-state index contributed by atoms with van der Waals surface area (Å²) >= 11 is 0. The van der Waals surface area contributed by atoms with Crippen molar-refractivity contribution in [2.45, 2.75) is 63.7 Å². The van der Waals surface area contributed by atoms with Crippen molar-refractivity contribution in [3.8, 4) is 0 Å². The summed E-state index contributed by atoms with van der Waals surface area (Å²) in [6.07, 6.45) is 3.41. The van der Waals surface area contributed by atoms with E-state index >= 15 is 0 Å². The Kier molecular flexibility index (Phi) is 4.88. The average molecular weight is 269 g/mol. The number of rotatable bonds is 4. The highest BCUT2D eigenvalue weighted by Crippen LogP contribution is 2.34. The third-order valence-corrected chi connectivity index (χ3v) is 4.83. The molecular formula is C15H31N3O. The van der Waals surface area contributed by atoms with Crippen molar-refractivity contribution in [2.24, 2.45) is 0 Å². The van der Waals surface area contributed by atoms with Gasteiger partial charge in [0.25, 0.3) is 0 Å². The van der Waals surface area contributed by atoms with Crippen LogP contribution < -0.4 is 5.32 Å². The smallest absolute Gasteiger partial charge is 0.0614 e. The van der Waals surface area contributed by atoms with Crippen molar-refractivity contribution >= 4 is 0 Å². The third-order valence-electron chi connectivity index (χ3n) is 4.83. The predicted octanol–water partition coefficient (Wildman–Crippen LogP) is 0.904. The van der Waals surface area contributed by atoms with Crippen LogP contribution in [0.2, 0.25) is 0 Å². The van der Waals surface area contributed by atoms with Crippen LogP contribution in [0.5, 0.6) is 0 Å². The second-order valence-corrected chi connectivity index (χ2v) is 6.98. The normalized spacial score (nSPS) is 38.2. The number of aliphatic hydroxyl groups excluding tert-OH is 1. The van der Waals surface area contributed by atoms with E-state index in [9.17, 15) is 5.11 Å². The van der Waals surface area contributed by atoms with E-state index < -0.39 is 0 Å². The Morgan fingerprint density at radius 1 is 1.37 bits per heavy atom. The van der Waals surface area contributed by atoms with E-state index in [1.165, 1.54) is 26.1 Å². The van der Waals surface area contributed by atoms with E-state index in [2.05, 4.69) is 42.9 Å². The van der Waals surface area contributed by atoms with Gasteiger partial charge in [-0.1, -0.05) is 13.8 Å². The molecule has 0 bridgehead atoms. The summed E-state index contributed by atoms with van der Waals surface area (Å²) in [7, 11) is 2.21. The SMILES string of the molecule is CC(C)NC1(CO)CCC(N2CCN(C)CC2C)C1. The molecule has 1 aliphatic heterocycles. The molecule has 0 aromatic rings. The number of nitrogens with one attached hydrogen (secondary N) is 1. The van der Waals surface area contributed by atoms with Gasteiger partial charge in [-0.25, -0.2) is 0 Å². The van der Waals surface area contributed by atoms with Crippen LogP contribution in [-0.2, 0) is 0 Å². The summed E-state index contributed by atoms with van der Waals surface area (Å²) in [5.41, 5.74) is -0.0398. The van der Waals surface area contributed by atoms with Gasteiger partial charge in [-0.2, -0.15) is 0 Å². The van der Waals surface area contributed by atoms with Gasteiger partial charge < -0.3 is 15.3 Å². The van der Waals surface area contributed by atoms with Crippen molar-refractivity contribution in [3.63, 3.8) is 0 Å². The maximum absolute atomic E-state index is 9.80. The summed E-state index contributed by atoms with van der Waals surface area (Å²) < 4.78 is 0. The predicted molar refractivity (Wildman–Crippen MR) is 79.4 cm³/mol. The van der Waals surface area contributed by atoms with Crippen LogP contribution in [0.15, 0.2) is 0 Å². The minimum Gasteiger partial charge on any atom is -0.394 e. The monoisotopic (exact) mass is 269 g/mol. The fourth-order valence-electron chi connectivity index (χ4n) is 4.01. The second kappa shape index (κ2) is 6.08. The zero-order chi connectivity index (χ0) is 14.0. The van der Waals surface area contributed by atoms with Crippen LogP contribution in [0.1, 0.15) is 40.0 Å². The van der Waals surface area contributed by atoms with E-state index in [4.69, 9.17) is 0 Å². The molecule has 19 heavy (non-hydrogen) atoms. The van der Waals surface area contributed by atoms with Crippen molar-refractivity contribution in [3.05, 3.63) is 0 Å². The Balaban J connectivity index is 1.97. The van der Waals surface area contributed by atoms with Gasteiger partial charge >= 0.3 is 0 Å². The van der Waals surface area contributed by atoms with Crippen molar-refractivity contribution < 1.29 is 5.11 Å². The van der Waals surface area contributed by atoms with Gasteiger partial charge in [-0.3, -0.25) is 4.90 Å². The molecule has 0 radical (unpaired) electrons. The number of nitrogens with zero attached hydrogens (tertiary/aromatic N) is 2. The number of aliphatic hydroxyl groups is 1. The van der Waals surface area contributed by atoms with Gasteiger partial charge in [-0.05, 0) is 33.2 Å². The van der Waals surface area contributed by atoms with Crippen LogP contribution in [0.4, 0.5) is 0 Å². The Hall–Kier alpha value is -0.160. The number of hydrogen-bond acceptors (Lipinski definition) is 4. The first-order valence-electron chi connectivity index (χ1n) is 7.78. The lowest BCUT2D eigenvalue weighted by molar-refractivity contribution is 0.0557. The second-order valence-electron chi connectivity index (χ2n) is 6.98. The average Bonchev–Trinajstić information content (AvgIpc) is 2.73. The molecule has 2 rings (SSSR count). The highest BCUT2D eigenvalue weighted by Gasteiger charge is 2.42. The van der Waals surface area contributed by atoms with Crippen LogP contribution >= 0.6 is 0 Å². The van der Waals surface area contributed by atoms with Crippen LogP contribution in [0.3, 0.4) is 0 Å². The summed E-state index contributed by atoms with van der Waals surface area (Å²) in [5.74, 6) is 0. The van der Waals surface area contributed by atoms with Gasteiger partial charge in [0.05, 0.1) is 6.61 Å². The highest BCUT2D eigenvalue weighted by molar-refractivity contribution is 5.01. The molecule has 1 heterocycles. The van der Waals surface area contributed by atoms with Crippen LogP contribution in [-0.4, -0.2) is 71.9 Å². The first-order chi connectivity index (χ1) is 8.96. The minimum atomic E-state index is -0.0398. The number of hydrogen-bond donors (Lipinski definition) is 2. The van der Waals surface area contributed by atoms with E-state index in [0.717, 1.165) is 12.8 Å². The van der Waals surface area contributed by atoms with Crippen molar-refractivity contribution in [2.75, 3.05) is 33.3 Å². The zero-order valence-corrected chi connectivity index (χ0v) is 13.0. The fourth-order valence-corrected chi connectivity index (χ4v) is 4.01. The highest BCUT2D eigenvalue weighted by atomic mass is 16.3. The first-order valence-corrected chi connectivity index (χ1v) is 7.78. The molecule has 3 unspecified atom stereocenters. The molecule has 1 saturated heterocycles. The largest absolute Gasteiger partial charge is 0.394 e. The first kappa shape index (κ1) is 15.2.